The van der Waals surface area contributed by atoms with Crippen molar-refractivity contribution >= 4 is 0 Å². The maximum Gasteiger partial charge on any atom is 0.0832 e. The Kier molecular flexibility index (Phi) is 5.62. The van der Waals surface area contributed by atoms with Gasteiger partial charge in [-0.1, -0.05) is 33.1 Å². The van der Waals surface area contributed by atoms with Gasteiger partial charge in [-0.05, 0) is 31.1 Å². The van der Waals surface area contributed by atoms with Crippen LogP contribution in [0, 0.1) is 11.8 Å². The largest absolute Gasteiger partial charge is 0.390 e. The van der Waals surface area contributed by atoms with Crippen molar-refractivity contribution in [3.63, 3.8) is 0 Å². The van der Waals surface area contributed by atoms with Crippen LogP contribution in [0.4, 0.5) is 0 Å². The Hall–Kier alpha value is -0.0800. The summed E-state index contributed by atoms with van der Waals surface area (Å²) in [6.45, 7) is 4.45. The number of hydrogen-bond donors (Lipinski definition) is 1. The lowest BCUT2D eigenvalue weighted by Crippen LogP contribution is -2.36. The van der Waals surface area contributed by atoms with Crippen LogP contribution in [0.5, 0.6) is 0 Å². The van der Waals surface area contributed by atoms with E-state index in [1.807, 2.05) is 0 Å². The number of rotatable bonds is 5. The molecule has 1 saturated carbocycles. The summed E-state index contributed by atoms with van der Waals surface area (Å²) in [5.41, 5.74) is 0. The van der Waals surface area contributed by atoms with E-state index >= 15 is 0 Å². The van der Waals surface area contributed by atoms with E-state index in [1.165, 1.54) is 25.7 Å². The van der Waals surface area contributed by atoms with Crippen LogP contribution in [0.25, 0.3) is 0 Å². The highest BCUT2D eigenvalue weighted by atomic mass is 16.5. The number of methoxy groups -OCH3 is 1. The van der Waals surface area contributed by atoms with E-state index in [0.29, 0.717) is 5.92 Å². The van der Waals surface area contributed by atoms with E-state index in [2.05, 4.69) is 13.8 Å². The first-order valence-electron chi connectivity index (χ1n) is 6.39. The third-order valence-electron chi connectivity index (χ3n) is 3.80. The molecule has 0 aliphatic heterocycles. The molecule has 1 N–H and O–H groups in total. The average molecular weight is 214 g/mol. The fourth-order valence-corrected chi connectivity index (χ4v) is 2.64. The summed E-state index contributed by atoms with van der Waals surface area (Å²) < 4.78 is 5.38. The monoisotopic (exact) mass is 214 g/mol. The minimum Gasteiger partial charge on any atom is -0.390 e. The van der Waals surface area contributed by atoms with Crippen LogP contribution in [0.2, 0.25) is 0 Å². The van der Waals surface area contributed by atoms with E-state index < -0.39 is 0 Å². The second-order valence-electron chi connectivity index (χ2n) is 5.07. The van der Waals surface area contributed by atoms with Crippen molar-refractivity contribution in [2.24, 2.45) is 11.8 Å². The summed E-state index contributed by atoms with van der Waals surface area (Å²) in [7, 11) is 1.72. The molecule has 0 aromatic rings. The highest BCUT2D eigenvalue weighted by molar-refractivity contribution is 4.81. The Morgan fingerprint density at radius 2 is 1.87 bits per heavy atom. The van der Waals surface area contributed by atoms with Gasteiger partial charge in [0.2, 0.25) is 0 Å². The van der Waals surface area contributed by atoms with Crippen molar-refractivity contribution in [3.8, 4) is 0 Å². The molecule has 90 valence electrons. The molecular formula is C13H26O2. The zero-order valence-corrected chi connectivity index (χ0v) is 10.4. The van der Waals surface area contributed by atoms with Crippen molar-refractivity contribution in [2.45, 2.75) is 64.6 Å². The van der Waals surface area contributed by atoms with Gasteiger partial charge < -0.3 is 9.84 Å². The minimum absolute atomic E-state index is 0.0495. The normalized spacial score (nSPS) is 31.2. The van der Waals surface area contributed by atoms with E-state index in [0.717, 1.165) is 18.8 Å². The van der Waals surface area contributed by atoms with Crippen LogP contribution in [-0.2, 0) is 4.74 Å². The van der Waals surface area contributed by atoms with Crippen LogP contribution in [-0.4, -0.2) is 24.4 Å². The lowest BCUT2D eigenvalue weighted by Gasteiger charge is -2.33. The average Bonchev–Trinajstić information content (AvgIpc) is 2.26. The fraction of sp³-hybridized carbons (Fsp3) is 1.00. The topological polar surface area (TPSA) is 29.5 Å². The maximum absolute atomic E-state index is 10.2. The van der Waals surface area contributed by atoms with E-state index in [1.54, 1.807) is 7.11 Å². The van der Waals surface area contributed by atoms with Gasteiger partial charge >= 0.3 is 0 Å². The lowest BCUT2D eigenvalue weighted by atomic mass is 9.78. The smallest absolute Gasteiger partial charge is 0.0832 e. The first kappa shape index (κ1) is 13.0. The van der Waals surface area contributed by atoms with Crippen LogP contribution in [0.3, 0.4) is 0 Å². The molecule has 0 heterocycles. The standard InChI is InChI=1S/C13H26O2/c1-4-5-12(15-3)13(14)11-8-6-10(2)7-9-11/h10-14H,4-9H2,1-3H3. The molecule has 2 heteroatoms. The molecule has 0 saturated heterocycles. The van der Waals surface area contributed by atoms with Crippen LogP contribution < -0.4 is 0 Å². The maximum atomic E-state index is 10.2. The molecular weight excluding hydrogens is 188 g/mol. The summed E-state index contributed by atoms with van der Waals surface area (Å²) in [6, 6.07) is 0. The summed E-state index contributed by atoms with van der Waals surface area (Å²) in [6.07, 6.45) is 6.74. The number of hydrogen-bond acceptors (Lipinski definition) is 2. The third-order valence-corrected chi connectivity index (χ3v) is 3.80. The van der Waals surface area contributed by atoms with Gasteiger partial charge in [0, 0.05) is 7.11 Å². The van der Waals surface area contributed by atoms with Crippen LogP contribution in [0.1, 0.15) is 52.4 Å². The first-order valence-corrected chi connectivity index (χ1v) is 6.39. The van der Waals surface area contributed by atoms with Gasteiger partial charge in [-0.3, -0.25) is 0 Å². The Morgan fingerprint density at radius 1 is 1.27 bits per heavy atom. The summed E-state index contributed by atoms with van der Waals surface area (Å²) in [5.74, 6) is 1.32. The summed E-state index contributed by atoms with van der Waals surface area (Å²) >= 11 is 0. The lowest BCUT2D eigenvalue weighted by molar-refractivity contribution is -0.0553. The molecule has 2 atom stereocenters. The second kappa shape index (κ2) is 6.49. The van der Waals surface area contributed by atoms with Crippen molar-refractivity contribution in [1.29, 1.82) is 0 Å². The molecule has 2 nitrogen and oxygen atoms in total. The quantitative estimate of drug-likeness (QED) is 0.762. The molecule has 15 heavy (non-hydrogen) atoms. The molecule has 0 aromatic heterocycles. The molecule has 0 bridgehead atoms. The highest BCUT2D eigenvalue weighted by Gasteiger charge is 2.29. The van der Waals surface area contributed by atoms with Crippen LogP contribution >= 0.6 is 0 Å². The van der Waals surface area contributed by atoms with Gasteiger partial charge in [0.15, 0.2) is 0 Å². The molecule has 1 fully saturated rings. The number of aliphatic hydroxyl groups excluding tert-OH is 1. The van der Waals surface area contributed by atoms with Gasteiger partial charge in [0.1, 0.15) is 0 Å². The molecule has 1 aliphatic carbocycles. The van der Waals surface area contributed by atoms with E-state index in [4.69, 9.17) is 4.74 Å². The molecule has 0 amide bonds. The zero-order valence-electron chi connectivity index (χ0n) is 10.4. The number of ether oxygens (including phenoxy) is 1. The fourth-order valence-electron chi connectivity index (χ4n) is 2.64. The zero-order chi connectivity index (χ0) is 11.3. The molecule has 0 aromatic carbocycles. The predicted molar refractivity (Wildman–Crippen MR) is 62.8 cm³/mol. The van der Waals surface area contributed by atoms with E-state index in [9.17, 15) is 5.11 Å². The van der Waals surface area contributed by atoms with Crippen molar-refractivity contribution in [3.05, 3.63) is 0 Å². The Morgan fingerprint density at radius 3 is 2.33 bits per heavy atom. The molecule has 0 radical (unpaired) electrons. The minimum atomic E-state index is -0.248. The number of aliphatic hydroxyl groups is 1. The molecule has 0 spiro atoms. The van der Waals surface area contributed by atoms with Crippen LogP contribution in [0.15, 0.2) is 0 Å². The van der Waals surface area contributed by atoms with Gasteiger partial charge in [-0.15, -0.1) is 0 Å². The summed E-state index contributed by atoms with van der Waals surface area (Å²) in [4.78, 5) is 0. The van der Waals surface area contributed by atoms with Gasteiger partial charge in [0.05, 0.1) is 12.2 Å². The van der Waals surface area contributed by atoms with Gasteiger partial charge in [-0.25, -0.2) is 0 Å². The predicted octanol–water partition coefficient (Wildman–Crippen LogP) is 2.99. The first-order chi connectivity index (χ1) is 7.19. The second-order valence-corrected chi connectivity index (χ2v) is 5.07. The summed E-state index contributed by atoms with van der Waals surface area (Å²) in [5, 5.41) is 10.2. The van der Waals surface area contributed by atoms with Crippen molar-refractivity contribution < 1.29 is 9.84 Å². The van der Waals surface area contributed by atoms with Crippen molar-refractivity contribution in [1.82, 2.24) is 0 Å². The SMILES string of the molecule is CCCC(OC)C(O)C1CCC(C)CC1. The Bertz CT molecular complexity index is 162. The Labute approximate surface area is 94.0 Å². The van der Waals surface area contributed by atoms with Gasteiger partial charge in [0.25, 0.3) is 0 Å². The molecule has 1 rings (SSSR count). The third kappa shape index (κ3) is 3.76. The molecule has 2 unspecified atom stereocenters. The Balaban J connectivity index is 2.40. The van der Waals surface area contributed by atoms with Gasteiger partial charge in [-0.2, -0.15) is 0 Å². The van der Waals surface area contributed by atoms with Crippen molar-refractivity contribution in [2.75, 3.05) is 7.11 Å². The molecule has 1 aliphatic rings. The highest BCUT2D eigenvalue weighted by Crippen LogP contribution is 2.32. The van der Waals surface area contributed by atoms with E-state index in [-0.39, 0.29) is 12.2 Å².